The Kier molecular flexibility index (Phi) is 9.41. The van der Waals surface area contributed by atoms with Crippen molar-refractivity contribution in [2.24, 2.45) is 0 Å². The molecule has 0 aromatic carbocycles. The van der Waals surface area contributed by atoms with Crippen molar-refractivity contribution in [2.75, 3.05) is 0 Å². The molecule has 0 amide bonds. The van der Waals surface area contributed by atoms with E-state index in [-0.39, 0.29) is 119 Å². The molecule has 2 heterocycles. The van der Waals surface area contributed by atoms with Crippen LogP contribution in [0.2, 0.25) is 0 Å². The Bertz CT molecular complexity index is 1090. The Morgan fingerprint density at radius 1 is 1.21 bits per heavy atom. The van der Waals surface area contributed by atoms with Gasteiger partial charge in [0.25, 0.3) is 10.0 Å². The van der Waals surface area contributed by atoms with Crippen LogP contribution in [0.15, 0.2) is 30.3 Å². The molecular formula is C14H9BF4K2N2O4S. The first-order chi connectivity index (χ1) is 12.0. The van der Waals surface area contributed by atoms with Crippen LogP contribution in [-0.4, -0.2) is 29.2 Å². The van der Waals surface area contributed by atoms with Crippen LogP contribution in [0.3, 0.4) is 0 Å². The molecular weight excluding hydrogens is 457 g/mol. The minimum atomic E-state index is -4.85. The van der Waals surface area contributed by atoms with E-state index in [0.717, 1.165) is 13.0 Å². The second kappa shape index (κ2) is 9.71. The number of halogens is 4. The molecule has 2 aromatic heterocycles. The Labute approximate surface area is 243 Å². The summed E-state index contributed by atoms with van der Waals surface area (Å²) in [5.41, 5.74) is -2.37. The number of hydrogen-bond donors (Lipinski definition) is 0. The molecule has 0 saturated carbocycles. The van der Waals surface area contributed by atoms with Gasteiger partial charge in [0.2, 0.25) is 5.95 Å². The zero-order valence-electron chi connectivity index (χ0n) is 15.0. The summed E-state index contributed by atoms with van der Waals surface area (Å²) in [6.07, 6.45) is 2.93. The van der Waals surface area contributed by atoms with Crippen molar-refractivity contribution in [3.63, 3.8) is 0 Å². The first-order valence-corrected chi connectivity index (χ1v) is 8.60. The van der Waals surface area contributed by atoms with E-state index < -0.39 is 61.8 Å². The Balaban J connectivity index is 0.00000196. The third-order valence-electron chi connectivity index (χ3n) is 4.12. The molecule has 0 radical (unpaired) electrons. The van der Waals surface area contributed by atoms with Gasteiger partial charge in [0.15, 0.2) is 17.3 Å². The van der Waals surface area contributed by atoms with Crippen molar-refractivity contribution in [1.29, 1.82) is 0 Å². The summed E-state index contributed by atoms with van der Waals surface area (Å²) in [4.78, 5) is 3.34. The van der Waals surface area contributed by atoms with Crippen molar-refractivity contribution < 1.29 is 139 Å². The van der Waals surface area contributed by atoms with E-state index in [1.54, 1.807) is 0 Å². The summed E-state index contributed by atoms with van der Waals surface area (Å²) < 4.78 is 79.5. The summed E-state index contributed by atoms with van der Waals surface area (Å²) in [6, 6.07) is 0. The Morgan fingerprint density at radius 3 is 2.36 bits per heavy atom. The Hall–Kier alpha value is 1.10. The summed E-state index contributed by atoms with van der Waals surface area (Å²) in [5.74, 6) is -6.15. The van der Waals surface area contributed by atoms with E-state index in [9.17, 15) is 36.0 Å². The quantitative estimate of drug-likeness (QED) is 0.331. The summed E-state index contributed by atoms with van der Waals surface area (Å²) in [6.45, 7) is 1.07. The topological polar surface area (TPSA) is 98.1 Å². The number of aromatic nitrogens is 2. The molecule has 0 N–H and O–H groups in total. The van der Waals surface area contributed by atoms with E-state index in [0.29, 0.717) is 6.08 Å². The molecule has 0 fully saturated rings. The van der Waals surface area contributed by atoms with Crippen LogP contribution in [0.5, 0.6) is 0 Å². The van der Waals surface area contributed by atoms with Crippen molar-refractivity contribution in [1.82, 2.24) is 8.96 Å². The van der Waals surface area contributed by atoms with Crippen LogP contribution in [0.25, 0.3) is 11.0 Å². The van der Waals surface area contributed by atoms with Gasteiger partial charge in [-0.15, -0.1) is 0 Å². The minimum Gasteiger partial charge on any atom is -0.889 e. The van der Waals surface area contributed by atoms with Gasteiger partial charge >= 0.3 is 103 Å². The molecule has 3 rings (SSSR count). The molecule has 1 atom stereocenters. The van der Waals surface area contributed by atoms with Gasteiger partial charge in [-0.1, -0.05) is 18.7 Å². The monoisotopic (exact) mass is 466 g/mol. The summed E-state index contributed by atoms with van der Waals surface area (Å²) >= 11 is 0. The minimum absolute atomic E-state index is 0. The fourth-order valence-electron chi connectivity index (χ4n) is 2.78. The fourth-order valence-corrected chi connectivity index (χ4v) is 4.44. The third kappa shape index (κ3) is 4.36. The zero-order valence-corrected chi connectivity index (χ0v) is 22.1. The number of allylic oxidation sites excluding steroid dienone is 3. The van der Waals surface area contributed by atoms with E-state index in [1.807, 2.05) is 0 Å². The maximum atomic E-state index is 14.7. The second-order valence-corrected chi connectivity index (χ2v) is 8.12. The molecule has 0 spiro atoms. The second-order valence-electron chi connectivity index (χ2n) is 5.87. The Morgan fingerprint density at radius 2 is 1.82 bits per heavy atom. The predicted molar refractivity (Wildman–Crippen MR) is 80.7 cm³/mol. The number of pyridine rings is 1. The van der Waals surface area contributed by atoms with Crippen molar-refractivity contribution in [3.8, 4) is 0 Å². The average molecular weight is 466 g/mol. The van der Waals surface area contributed by atoms with Gasteiger partial charge in [-0.25, -0.2) is 26.6 Å². The van der Waals surface area contributed by atoms with Crippen molar-refractivity contribution in [2.45, 2.75) is 18.1 Å². The molecule has 0 aliphatic heterocycles. The van der Waals surface area contributed by atoms with Crippen LogP contribution in [0.4, 0.5) is 17.6 Å². The molecule has 0 saturated heterocycles. The van der Waals surface area contributed by atoms with E-state index in [1.165, 1.54) is 6.08 Å². The molecule has 138 valence electrons. The summed E-state index contributed by atoms with van der Waals surface area (Å²) in [5, 5.41) is 21.4. The van der Waals surface area contributed by atoms with Gasteiger partial charge in [0.05, 0.1) is 11.6 Å². The van der Waals surface area contributed by atoms with Gasteiger partial charge in [-0.2, -0.15) is 8.36 Å². The van der Waals surface area contributed by atoms with E-state index in [2.05, 4.69) is 4.98 Å². The maximum Gasteiger partial charge on any atom is 1.00 e. The van der Waals surface area contributed by atoms with E-state index in [4.69, 9.17) is 0 Å². The van der Waals surface area contributed by atoms with Gasteiger partial charge in [0, 0.05) is 0 Å². The smallest absolute Gasteiger partial charge is 0.889 e. The first kappa shape index (κ1) is 27.1. The molecule has 28 heavy (non-hydrogen) atoms. The average Bonchev–Trinajstić information content (AvgIpc) is 2.84. The predicted octanol–water partition coefficient (Wildman–Crippen LogP) is -6.37. The van der Waals surface area contributed by atoms with Crippen LogP contribution in [0, 0.1) is 17.6 Å². The van der Waals surface area contributed by atoms with Gasteiger partial charge in [0.1, 0.15) is 10.6 Å². The summed E-state index contributed by atoms with van der Waals surface area (Å²) in [7, 11) is -7.99. The number of hydrogen-bond acceptors (Lipinski definition) is 5. The first-order valence-electron chi connectivity index (χ1n) is 7.16. The van der Waals surface area contributed by atoms with Crippen LogP contribution >= 0.6 is 0 Å². The normalized spacial score (nSPS) is 19.0. The van der Waals surface area contributed by atoms with Crippen LogP contribution < -0.4 is 118 Å². The molecule has 1 unspecified atom stereocenters. The molecule has 14 heteroatoms. The van der Waals surface area contributed by atoms with Crippen molar-refractivity contribution >= 4 is 33.6 Å². The van der Waals surface area contributed by atoms with E-state index >= 15 is 0 Å². The van der Waals surface area contributed by atoms with Crippen molar-refractivity contribution in [3.05, 3.63) is 47.8 Å². The maximum absolute atomic E-state index is 14.7. The number of rotatable bonds is 3. The molecule has 0 bridgehead atoms. The van der Waals surface area contributed by atoms with Gasteiger partial charge in [-0.3, -0.25) is 0 Å². The van der Waals surface area contributed by atoms with Crippen LogP contribution in [0.1, 0.15) is 13.3 Å². The van der Waals surface area contributed by atoms with Crippen LogP contribution in [-0.2, 0) is 10.0 Å². The largest absolute Gasteiger partial charge is 1.00 e. The third-order valence-corrected chi connectivity index (χ3v) is 6.40. The number of nitrogens with zero attached hydrogens (tertiary/aromatic N) is 2. The zero-order chi connectivity index (χ0) is 19.4. The van der Waals surface area contributed by atoms with Gasteiger partial charge in [-0.05, 0) is 25.5 Å². The number of fused-ring (bicyclic) bond motifs is 1. The molecule has 2 aromatic rings. The standard InChI is InChI=1S/C14H9BF4N2O4S.2K/c1-14(4-2-3-7(16)5-14)26(24,25)21-12(19)10(15(22)23)9-11(18)8(17)6-20-13(9)21;;/h2-3,5-6H,4H2,1H3;;/q-2;2*+1. The molecule has 1 aliphatic rings. The fraction of sp³-hybridized carbons (Fsp3) is 0.214. The van der Waals surface area contributed by atoms with Gasteiger partial charge < -0.3 is 10.0 Å². The molecule has 1 aliphatic carbocycles. The molecule has 6 nitrogen and oxygen atoms in total. The SMILES string of the molecule is CC1(S(=O)(=O)n2c(F)c(B([O-])[O-])c3c(F)c(F)cnc32)C=C(F)C=CC1.[K+].[K+].